The van der Waals surface area contributed by atoms with Crippen LogP contribution in [0.15, 0.2) is 121 Å². The normalized spacial score (nSPS) is 13.7. The molecule has 2 heteroatoms. The molecule has 0 atom stereocenters. The van der Waals surface area contributed by atoms with E-state index >= 15 is 0 Å². The lowest BCUT2D eigenvalue weighted by Gasteiger charge is -2.26. The summed E-state index contributed by atoms with van der Waals surface area (Å²) in [6.45, 7) is 28.1. The molecule has 0 amide bonds. The molecule has 0 aliphatic rings. The molecule has 0 aliphatic carbocycles. The van der Waals surface area contributed by atoms with Gasteiger partial charge in [0.1, 0.15) is 0 Å². The largest absolute Gasteiger partial charge is 0.308 e. The third-order valence-electron chi connectivity index (χ3n) is 13.7. The second kappa shape index (κ2) is 11.9. The molecular formula is C58H56N2. The quantitative estimate of drug-likeness (QED) is 0.165. The fourth-order valence-electron chi connectivity index (χ4n) is 10.4. The fourth-order valence-corrected chi connectivity index (χ4v) is 10.4. The van der Waals surface area contributed by atoms with Crippen LogP contribution in [0.2, 0.25) is 0 Å². The highest BCUT2D eigenvalue weighted by atomic mass is 14.9. The van der Waals surface area contributed by atoms with Crippen LogP contribution in [-0.2, 0) is 21.7 Å². The molecule has 0 saturated heterocycles. The summed E-state index contributed by atoms with van der Waals surface area (Å²) < 4.78 is 5.22. The van der Waals surface area contributed by atoms with E-state index in [2.05, 4.69) is 213 Å². The van der Waals surface area contributed by atoms with Crippen molar-refractivity contribution in [1.29, 1.82) is 0 Å². The standard InChI is InChI=1S/C58H56N2/c1-55(2,3)35-27-33(28-36(31-35)56(4,5)6)39-21-17-25-45-47(39)51-49-41-19-13-16-24-44(41)60-46-26-18-22-40(34-29-37(57(7,8)9)32-38(30-34)58(10,11)12)48(46)52(54(49)60)50-42-20-14-15-23-43(42)59(45)53(50)51/h13-32H,1-12H3. The Balaban J connectivity index is 1.40. The maximum atomic E-state index is 2.61. The van der Waals surface area contributed by atoms with E-state index in [-0.39, 0.29) is 21.7 Å². The highest BCUT2D eigenvalue weighted by molar-refractivity contribution is 6.46. The zero-order chi connectivity index (χ0) is 42.0. The Morgan fingerprint density at radius 3 is 0.950 bits per heavy atom. The van der Waals surface area contributed by atoms with Crippen molar-refractivity contribution in [2.75, 3.05) is 0 Å². The summed E-state index contributed by atoms with van der Waals surface area (Å²) in [5, 5.41) is 10.7. The number of nitrogens with zero attached hydrogens (tertiary/aromatic N) is 2. The van der Waals surface area contributed by atoms with Crippen molar-refractivity contribution in [2.45, 2.75) is 105 Å². The molecule has 0 radical (unpaired) electrons. The molecule has 0 fully saturated rings. The molecule has 4 heterocycles. The lowest BCUT2D eigenvalue weighted by Crippen LogP contribution is -2.16. The second-order valence-electron chi connectivity index (χ2n) is 21.9. The van der Waals surface area contributed by atoms with Crippen LogP contribution in [-0.4, -0.2) is 8.80 Å². The summed E-state index contributed by atoms with van der Waals surface area (Å²) in [6, 6.07) is 47.2. The summed E-state index contributed by atoms with van der Waals surface area (Å²) in [7, 11) is 0. The van der Waals surface area contributed by atoms with E-state index in [1.807, 2.05) is 0 Å². The first-order chi connectivity index (χ1) is 28.3. The van der Waals surface area contributed by atoms with Gasteiger partial charge in [0.05, 0.1) is 33.1 Å². The van der Waals surface area contributed by atoms with E-state index in [1.165, 1.54) is 121 Å². The molecule has 0 aliphatic heterocycles. The van der Waals surface area contributed by atoms with E-state index in [9.17, 15) is 0 Å². The van der Waals surface area contributed by atoms with Gasteiger partial charge in [-0.05, 0) is 90.4 Å². The van der Waals surface area contributed by atoms with Gasteiger partial charge in [0, 0.05) is 43.1 Å². The molecule has 11 rings (SSSR count). The zero-order valence-electron chi connectivity index (χ0n) is 37.4. The number of hydrogen-bond acceptors (Lipinski definition) is 0. The Labute approximate surface area is 354 Å². The SMILES string of the molecule is CC(C)(C)c1cc(-c2cccc3c2c2c4c5ccccc5n5c6cccc(-c7cc(C(C)(C)C)cc(C(C)(C)C)c7)c6c(c6c7ccccc7n3c62)c45)cc(C(C)(C)C)c1. The first-order valence-electron chi connectivity index (χ1n) is 21.9. The van der Waals surface area contributed by atoms with Gasteiger partial charge in [-0.2, -0.15) is 0 Å². The molecule has 60 heavy (non-hydrogen) atoms. The minimum absolute atomic E-state index is 0.00726. The van der Waals surface area contributed by atoms with Crippen molar-refractivity contribution >= 4 is 76.2 Å². The molecule has 11 aromatic rings. The molecule has 0 unspecified atom stereocenters. The molecule has 4 aromatic heterocycles. The third-order valence-corrected chi connectivity index (χ3v) is 13.7. The maximum Gasteiger partial charge on any atom is 0.0634 e. The molecule has 0 N–H and O–H groups in total. The molecule has 0 bridgehead atoms. The minimum atomic E-state index is 0.00726. The van der Waals surface area contributed by atoms with Crippen molar-refractivity contribution in [3.8, 4) is 22.3 Å². The second-order valence-corrected chi connectivity index (χ2v) is 21.9. The number of aromatic nitrogens is 2. The van der Waals surface area contributed by atoms with E-state index in [1.54, 1.807) is 0 Å². The molecular weight excluding hydrogens is 725 g/mol. The van der Waals surface area contributed by atoms with E-state index < -0.39 is 0 Å². The Hall–Kier alpha value is -5.86. The number of rotatable bonds is 2. The summed E-state index contributed by atoms with van der Waals surface area (Å²) in [5.41, 5.74) is 18.4. The van der Waals surface area contributed by atoms with Gasteiger partial charge in [-0.25, -0.2) is 0 Å². The number of benzene rings is 7. The van der Waals surface area contributed by atoms with Crippen molar-refractivity contribution < 1.29 is 0 Å². The minimum Gasteiger partial charge on any atom is -0.308 e. The van der Waals surface area contributed by atoms with Gasteiger partial charge in [-0.15, -0.1) is 0 Å². The number of fused-ring (bicyclic) bond motifs is 14. The average Bonchev–Trinajstić information content (AvgIpc) is 3.92. The molecule has 2 nitrogen and oxygen atoms in total. The Bertz CT molecular complexity index is 3250. The van der Waals surface area contributed by atoms with Crippen LogP contribution in [0.4, 0.5) is 0 Å². The van der Waals surface area contributed by atoms with Crippen LogP contribution in [0.1, 0.15) is 105 Å². The van der Waals surface area contributed by atoms with Crippen molar-refractivity contribution in [3.05, 3.63) is 144 Å². The highest BCUT2D eigenvalue weighted by Crippen LogP contribution is 2.54. The number of hydrogen-bond donors (Lipinski definition) is 0. The van der Waals surface area contributed by atoms with Gasteiger partial charge < -0.3 is 8.80 Å². The summed E-state index contributed by atoms with van der Waals surface area (Å²) in [5.74, 6) is 0. The van der Waals surface area contributed by atoms with Crippen LogP contribution in [0.25, 0.3) is 98.4 Å². The lowest BCUT2D eigenvalue weighted by molar-refractivity contribution is 0.568. The van der Waals surface area contributed by atoms with Gasteiger partial charge in [0.25, 0.3) is 0 Å². The molecule has 298 valence electrons. The van der Waals surface area contributed by atoms with Crippen molar-refractivity contribution in [1.82, 2.24) is 8.80 Å². The zero-order valence-corrected chi connectivity index (χ0v) is 37.4. The van der Waals surface area contributed by atoms with Crippen LogP contribution in [0.5, 0.6) is 0 Å². The Kier molecular flexibility index (Phi) is 7.38. The first kappa shape index (κ1) is 37.2. The predicted molar refractivity (Wildman–Crippen MR) is 261 cm³/mol. The summed E-state index contributed by atoms with van der Waals surface area (Å²) >= 11 is 0. The topological polar surface area (TPSA) is 8.82 Å². The van der Waals surface area contributed by atoms with Crippen molar-refractivity contribution in [2.24, 2.45) is 0 Å². The monoisotopic (exact) mass is 780 g/mol. The van der Waals surface area contributed by atoms with Crippen LogP contribution >= 0.6 is 0 Å². The van der Waals surface area contributed by atoms with Crippen LogP contribution in [0, 0.1) is 0 Å². The lowest BCUT2D eigenvalue weighted by atomic mass is 9.78. The highest BCUT2D eigenvalue weighted by Gasteiger charge is 2.31. The number of para-hydroxylation sites is 2. The van der Waals surface area contributed by atoms with E-state index in [4.69, 9.17) is 0 Å². The van der Waals surface area contributed by atoms with Crippen LogP contribution < -0.4 is 0 Å². The average molecular weight is 781 g/mol. The fraction of sp³-hybridized carbons (Fsp3) is 0.276. The van der Waals surface area contributed by atoms with Crippen LogP contribution in [0.3, 0.4) is 0 Å². The van der Waals surface area contributed by atoms with Gasteiger partial charge in [-0.1, -0.05) is 180 Å². The summed E-state index contributed by atoms with van der Waals surface area (Å²) in [4.78, 5) is 0. The maximum absolute atomic E-state index is 2.61. The summed E-state index contributed by atoms with van der Waals surface area (Å²) in [6.07, 6.45) is 0. The molecule has 0 spiro atoms. The third kappa shape index (κ3) is 5.06. The molecule has 0 saturated carbocycles. The van der Waals surface area contributed by atoms with Crippen molar-refractivity contribution in [3.63, 3.8) is 0 Å². The Morgan fingerprint density at radius 1 is 0.300 bits per heavy atom. The van der Waals surface area contributed by atoms with Gasteiger partial charge >= 0.3 is 0 Å². The van der Waals surface area contributed by atoms with E-state index in [0.717, 1.165) is 0 Å². The van der Waals surface area contributed by atoms with Gasteiger partial charge in [0.2, 0.25) is 0 Å². The molecule has 7 aromatic carbocycles. The van der Waals surface area contributed by atoms with E-state index in [0.29, 0.717) is 0 Å². The first-order valence-corrected chi connectivity index (χ1v) is 21.9. The van der Waals surface area contributed by atoms with Gasteiger partial charge in [0.15, 0.2) is 0 Å². The van der Waals surface area contributed by atoms with Gasteiger partial charge in [-0.3, -0.25) is 0 Å². The Morgan fingerprint density at radius 2 is 0.617 bits per heavy atom. The predicted octanol–water partition coefficient (Wildman–Crippen LogP) is 16.5. The smallest absolute Gasteiger partial charge is 0.0634 e.